The van der Waals surface area contributed by atoms with Gasteiger partial charge in [0.1, 0.15) is 5.54 Å². The number of rotatable bonds is 3. The molecule has 26 heavy (non-hydrogen) atoms. The van der Waals surface area contributed by atoms with Crippen LogP contribution in [0.15, 0.2) is 28.4 Å². The Morgan fingerprint density at radius 3 is 2.92 bits per heavy atom. The maximum absolute atomic E-state index is 12.8. The Bertz CT molecular complexity index is 781. The molecule has 3 rings (SSSR count). The number of carbonyl (C=O) groups is 2. The van der Waals surface area contributed by atoms with Gasteiger partial charge in [-0.05, 0) is 26.0 Å². The van der Waals surface area contributed by atoms with Crippen molar-refractivity contribution in [1.82, 2.24) is 5.32 Å². The predicted octanol–water partition coefficient (Wildman–Crippen LogP) is 4.05. The van der Waals surface area contributed by atoms with Crippen molar-refractivity contribution in [1.29, 1.82) is 0 Å². The Hall–Kier alpha value is -1.57. The first-order chi connectivity index (χ1) is 12.4. The summed E-state index contributed by atoms with van der Waals surface area (Å²) in [7, 11) is 0. The topological polar surface area (TPSA) is 73.9 Å². The summed E-state index contributed by atoms with van der Waals surface area (Å²) in [6, 6.07) is 5.19. The second kappa shape index (κ2) is 7.58. The fraction of sp³-hybridized carbons (Fsp3) is 0.444. The highest BCUT2D eigenvalue weighted by Crippen LogP contribution is 2.43. The molecule has 2 unspecified atom stereocenters. The van der Waals surface area contributed by atoms with Crippen LogP contribution in [0.3, 0.4) is 0 Å². The van der Waals surface area contributed by atoms with Gasteiger partial charge in [0.05, 0.1) is 18.3 Å². The summed E-state index contributed by atoms with van der Waals surface area (Å²) >= 11 is 9.70. The minimum atomic E-state index is -0.844. The minimum Gasteiger partial charge on any atom is -0.434 e. The summed E-state index contributed by atoms with van der Waals surface area (Å²) in [5.41, 5.74) is -0.0555. The standard InChI is InChI=1S/C18H19BrClNO5/c1-3-24-17(23)26-15-14(12-5-4-11(19)8-13(12)20)16(22)21-18(15)6-7-25-10(2)9-18/h4-5,8,10H,3,6-7,9H2,1-2H3,(H,21,22). The number of ether oxygens (including phenoxy) is 3. The first-order valence-electron chi connectivity index (χ1n) is 8.35. The lowest BCUT2D eigenvalue weighted by atomic mass is 9.85. The molecular weight excluding hydrogens is 426 g/mol. The van der Waals surface area contributed by atoms with E-state index in [0.717, 1.165) is 4.47 Å². The fourth-order valence-corrected chi connectivity index (χ4v) is 4.17. The molecule has 2 heterocycles. The van der Waals surface area contributed by atoms with Gasteiger partial charge in [0.15, 0.2) is 5.76 Å². The van der Waals surface area contributed by atoms with Crippen LogP contribution in [0.4, 0.5) is 4.79 Å². The summed E-state index contributed by atoms with van der Waals surface area (Å²) in [6.45, 7) is 4.22. The van der Waals surface area contributed by atoms with Gasteiger partial charge >= 0.3 is 6.16 Å². The van der Waals surface area contributed by atoms with Crippen molar-refractivity contribution in [3.63, 3.8) is 0 Å². The Balaban J connectivity index is 2.12. The van der Waals surface area contributed by atoms with Crippen LogP contribution < -0.4 is 5.32 Å². The summed E-state index contributed by atoms with van der Waals surface area (Å²) in [6.07, 6.45) is 0.0495. The molecule has 1 N–H and O–H groups in total. The summed E-state index contributed by atoms with van der Waals surface area (Å²) in [4.78, 5) is 24.9. The Labute approximate surface area is 164 Å². The van der Waals surface area contributed by atoms with Crippen LogP contribution in [0, 0.1) is 0 Å². The quantitative estimate of drug-likeness (QED) is 0.712. The molecule has 0 bridgehead atoms. The van der Waals surface area contributed by atoms with E-state index in [9.17, 15) is 9.59 Å². The van der Waals surface area contributed by atoms with E-state index in [1.165, 1.54) is 0 Å². The van der Waals surface area contributed by atoms with Gasteiger partial charge in [-0.1, -0.05) is 33.6 Å². The van der Waals surface area contributed by atoms with Crippen molar-refractivity contribution in [2.45, 2.75) is 38.3 Å². The molecule has 0 saturated carbocycles. The molecule has 0 aliphatic carbocycles. The monoisotopic (exact) mass is 443 g/mol. The van der Waals surface area contributed by atoms with E-state index in [0.29, 0.717) is 30.0 Å². The van der Waals surface area contributed by atoms with E-state index in [4.69, 9.17) is 25.8 Å². The first-order valence-corrected chi connectivity index (χ1v) is 9.52. The van der Waals surface area contributed by atoms with Gasteiger partial charge in [-0.15, -0.1) is 0 Å². The number of halogens is 2. The number of nitrogens with one attached hydrogen (secondary N) is 1. The number of hydrogen-bond acceptors (Lipinski definition) is 5. The molecule has 0 aromatic heterocycles. The number of amides is 1. The van der Waals surface area contributed by atoms with Crippen LogP contribution in [0.25, 0.3) is 5.57 Å². The highest BCUT2D eigenvalue weighted by Gasteiger charge is 2.50. The van der Waals surface area contributed by atoms with Crippen LogP contribution in [0.2, 0.25) is 5.02 Å². The zero-order valence-electron chi connectivity index (χ0n) is 14.4. The third kappa shape index (κ3) is 3.61. The van der Waals surface area contributed by atoms with E-state index < -0.39 is 11.7 Å². The molecule has 1 aromatic carbocycles. The van der Waals surface area contributed by atoms with Gasteiger partial charge < -0.3 is 19.5 Å². The average Bonchev–Trinajstić information content (AvgIpc) is 2.79. The van der Waals surface area contributed by atoms with Crippen LogP contribution in [-0.4, -0.2) is 36.9 Å². The lowest BCUT2D eigenvalue weighted by Crippen LogP contribution is -2.51. The molecule has 1 saturated heterocycles. The highest BCUT2D eigenvalue weighted by atomic mass is 79.9. The van der Waals surface area contributed by atoms with Crippen molar-refractivity contribution >= 4 is 45.2 Å². The maximum atomic E-state index is 12.8. The van der Waals surface area contributed by atoms with Crippen molar-refractivity contribution < 1.29 is 23.8 Å². The van der Waals surface area contributed by atoms with E-state index in [2.05, 4.69) is 21.2 Å². The van der Waals surface area contributed by atoms with Crippen molar-refractivity contribution in [3.8, 4) is 0 Å². The van der Waals surface area contributed by atoms with Crippen LogP contribution in [0.1, 0.15) is 32.3 Å². The molecule has 1 fully saturated rings. The predicted molar refractivity (Wildman–Crippen MR) is 99.7 cm³/mol. The molecule has 2 aliphatic rings. The van der Waals surface area contributed by atoms with Gasteiger partial charge in [-0.3, -0.25) is 4.79 Å². The van der Waals surface area contributed by atoms with Gasteiger partial charge in [0.2, 0.25) is 0 Å². The van der Waals surface area contributed by atoms with Crippen molar-refractivity contribution in [2.24, 2.45) is 0 Å². The molecular formula is C18H19BrClNO5. The number of carbonyl (C=O) groups excluding carboxylic acids is 2. The maximum Gasteiger partial charge on any atom is 0.513 e. The minimum absolute atomic E-state index is 0.0930. The second-order valence-corrected chi connectivity index (χ2v) is 7.61. The Kier molecular flexibility index (Phi) is 5.60. The Morgan fingerprint density at radius 2 is 2.27 bits per heavy atom. The number of hydrogen-bond donors (Lipinski definition) is 1. The molecule has 2 atom stereocenters. The molecule has 0 radical (unpaired) electrons. The summed E-state index contributed by atoms with van der Waals surface area (Å²) in [5.74, 6) is -0.0806. The van der Waals surface area contributed by atoms with Gasteiger partial charge in [0, 0.05) is 34.5 Å². The van der Waals surface area contributed by atoms with Crippen LogP contribution in [-0.2, 0) is 19.0 Å². The van der Waals surface area contributed by atoms with Crippen LogP contribution >= 0.6 is 27.5 Å². The smallest absolute Gasteiger partial charge is 0.434 e. The zero-order chi connectivity index (χ0) is 18.9. The molecule has 1 aromatic rings. The second-order valence-electron chi connectivity index (χ2n) is 6.29. The zero-order valence-corrected chi connectivity index (χ0v) is 16.8. The highest BCUT2D eigenvalue weighted by molar-refractivity contribution is 9.10. The van der Waals surface area contributed by atoms with Crippen LogP contribution in [0.5, 0.6) is 0 Å². The fourth-order valence-electron chi connectivity index (χ4n) is 3.40. The molecule has 1 spiro atoms. The van der Waals surface area contributed by atoms with E-state index >= 15 is 0 Å². The van der Waals surface area contributed by atoms with Crippen molar-refractivity contribution in [2.75, 3.05) is 13.2 Å². The van der Waals surface area contributed by atoms with Gasteiger partial charge in [0.25, 0.3) is 5.91 Å². The lowest BCUT2D eigenvalue weighted by molar-refractivity contribution is -0.117. The first kappa shape index (κ1) is 19.2. The third-order valence-corrected chi connectivity index (χ3v) is 5.26. The average molecular weight is 445 g/mol. The van der Waals surface area contributed by atoms with Gasteiger partial charge in [-0.25, -0.2) is 4.79 Å². The largest absolute Gasteiger partial charge is 0.513 e. The molecule has 6 nitrogen and oxygen atoms in total. The molecule has 1 amide bonds. The van der Waals surface area contributed by atoms with E-state index in [1.54, 1.807) is 25.1 Å². The molecule has 140 valence electrons. The third-order valence-electron chi connectivity index (χ3n) is 4.46. The van der Waals surface area contributed by atoms with E-state index in [1.807, 2.05) is 6.92 Å². The summed E-state index contributed by atoms with van der Waals surface area (Å²) in [5, 5.41) is 3.37. The Morgan fingerprint density at radius 1 is 1.50 bits per heavy atom. The molecule has 2 aliphatic heterocycles. The van der Waals surface area contributed by atoms with Crippen molar-refractivity contribution in [3.05, 3.63) is 39.0 Å². The lowest BCUT2D eigenvalue weighted by Gasteiger charge is -2.37. The normalized spacial score (nSPS) is 25.4. The summed E-state index contributed by atoms with van der Waals surface area (Å²) < 4.78 is 16.8. The molecule has 8 heteroatoms. The van der Waals surface area contributed by atoms with E-state index in [-0.39, 0.29) is 30.0 Å². The number of benzene rings is 1. The SMILES string of the molecule is CCOC(=O)OC1=C(c2ccc(Br)cc2Cl)C(=O)NC12CCOC(C)C2. The van der Waals surface area contributed by atoms with Gasteiger partial charge in [-0.2, -0.15) is 0 Å².